The van der Waals surface area contributed by atoms with Gasteiger partial charge in [0.05, 0.1) is 5.56 Å². The van der Waals surface area contributed by atoms with Crippen LogP contribution in [0.3, 0.4) is 0 Å². The van der Waals surface area contributed by atoms with Crippen LogP contribution in [0.25, 0.3) is 0 Å². The first-order chi connectivity index (χ1) is 9.61. The summed E-state index contributed by atoms with van der Waals surface area (Å²) in [6.07, 6.45) is 4.54. The van der Waals surface area contributed by atoms with Crippen LogP contribution in [0.2, 0.25) is 5.02 Å². The molecule has 0 heterocycles. The van der Waals surface area contributed by atoms with Crippen LogP contribution in [-0.4, -0.2) is 18.3 Å². The molecule has 1 aliphatic rings. The molecule has 1 fully saturated rings. The van der Waals surface area contributed by atoms with Crippen LogP contribution < -0.4 is 5.32 Å². The van der Waals surface area contributed by atoms with E-state index < -0.39 is 11.7 Å². The van der Waals surface area contributed by atoms with Crippen molar-refractivity contribution in [1.82, 2.24) is 5.32 Å². The van der Waals surface area contributed by atoms with Gasteiger partial charge in [0.15, 0.2) is 0 Å². The summed E-state index contributed by atoms with van der Waals surface area (Å²) >= 11 is 11.8. The van der Waals surface area contributed by atoms with Crippen LogP contribution in [0, 0.1) is 17.7 Å². The third-order valence-corrected chi connectivity index (χ3v) is 4.59. The number of alkyl halides is 1. The Morgan fingerprint density at radius 1 is 1.30 bits per heavy atom. The lowest BCUT2D eigenvalue weighted by Crippen LogP contribution is -2.35. The Bertz CT molecular complexity index is 481. The van der Waals surface area contributed by atoms with Gasteiger partial charge >= 0.3 is 0 Å². The van der Waals surface area contributed by atoms with Crippen LogP contribution >= 0.6 is 23.2 Å². The molecule has 1 aromatic rings. The van der Waals surface area contributed by atoms with Crippen molar-refractivity contribution in [1.29, 1.82) is 0 Å². The zero-order chi connectivity index (χ0) is 14.5. The molecule has 1 saturated carbocycles. The molecule has 5 heteroatoms. The van der Waals surface area contributed by atoms with Crippen LogP contribution in [0.1, 0.15) is 36.0 Å². The highest BCUT2D eigenvalue weighted by Crippen LogP contribution is 2.30. The summed E-state index contributed by atoms with van der Waals surface area (Å²) < 4.78 is 13.6. The van der Waals surface area contributed by atoms with Gasteiger partial charge in [-0.2, -0.15) is 0 Å². The number of hydrogen-bond acceptors (Lipinski definition) is 1. The molecule has 0 saturated heterocycles. The van der Waals surface area contributed by atoms with Crippen LogP contribution in [0.4, 0.5) is 4.39 Å². The molecular weight excluding hydrogens is 300 g/mol. The van der Waals surface area contributed by atoms with Crippen LogP contribution in [0.15, 0.2) is 18.2 Å². The van der Waals surface area contributed by atoms with E-state index in [0.717, 1.165) is 12.8 Å². The first-order valence-electron chi connectivity index (χ1n) is 6.91. The molecule has 2 rings (SSSR count). The summed E-state index contributed by atoms with van der Waals surface area (Å²) in [5.41, 5.74) is -0.00395. The van der Waals surface area contributed by atoms with Crippen molar-refractivity contribution in [2.45, 2.75) is 25.7 Å². The average Bonchev–Trinajstić information content (AvgIpc) is 2.47. The van der Waals surface area contributed by atoms with E-state index in [4.69, 9.17) is 23.2 Å². The van der Waals surface area contributed by atoms with Gasteiger partial charge in [-0.3, -0.25) is 4.79 Å². The number of carbonyl (C=O) groups excluding carboxylic acids is 1. The second kappa shape index (κ2) is 7.28. The normalized spacial score (nSPS) is 22.6. The lowest BCUT2D eigenvalue weighted by atomic mass is 9.80. The van der Waals surface area contributed by atoms with Gasteiger partial charge in [-0.15, -0.1) is 11.6 Å². The maximum absolute atomic E-state index is 13.6. The van der Waals surface area contributed by atoms with Gasteiger partial charge < -0.3 is 5.32 Å². The summed E-state index contributed by atoms with van der Waals surface area (Å²) in [6, 6.07) is 3.99. The van der Waals surface area contributed by atoms with Gasteiger partial charge in [0.25, 0.3) is 5.91 Å². The maximum Gasteiger partial charge on any atom is 0.254 e. The molecule has 2 unspecified atom stereocenters. The Kier molecular flexibility index (Phi) is 5.67. The first kappa shape index (κ1) is 15.6. The Morgan fingerprint density at radius 2 is 2.00 bits per heavy atom. The van der Waals surface area contributed by atoms with Crippen molar-refractivity contribution in [3.63, 3.8) is 0 Å². The second-order valence-corrected chi connectivity index (χ2v) is 6.04. The predicted molar refractivity (Wildman–Crippen MR) is 79.9 cm³/mol. The standard InChI is InChI=1S/C15H18Cl2FNO/c16-8-10-3-1-2-4-11(10)9-19-15(20)13-7-12(17)5-6-14(13)18/h5-7,10-11H,1-4,8-9H2,(H,19,20). The summed E-state index contributed by atoms with van der Waals surface area (Å²) in [5, 5.41) is 3.16. The number of nitrogens with one attached hydrogen (secondary N) is 1. The molecule has 1 aromatic carbocycles. The molecule has 0 spiro atoms. The molecule has 2 nitrogen and oxygen atoms in total. The minimum Gasteiger partial charge on any atom is -0.352 e. The maximum atomic E-state index is 13.6. The number of benzene rings is 1. The summed E-state index contributed by atoms with van der Waals surface area (Å²) in [6.45, 7) is 0.544. The number of amides is 1. The highest BCUT2D eigenvalue weighted by Gasteiger charge is 2.25. The highest BCUT2D eigenvalue weighted by atomic mass is 35.5. The van der Waals surface area contributed by atoms with E-state index in [9.17, 15) is 9.18 Å². The number of carbonyl (C=O) groups is 1. The number of rotatable bonds is 4. The molecule has 0 aliphatic heterocycles. The van der Waals surface area contributed by atoms with Gasteiger partial charge in [-0.25, -0.2) is 4.39 Å². The smallest absolute Gasteiger partial charge is 0.254 e. The molecule has 1 amide bonds. The Balaban J connectivity index is 1.96. The molecule has 0 radical (unpaired) electrons. The van der Waals surface area contributed by atoms with Crippen molar-refractivity contribution in [2.24, 2.45) is 11.8 Å². The van der Waals surface area contributed by atoms with Crippen molar-refractivity contribution in [3.8, 4) is 0 Å². The molecule has 0 aromatic heterocycles. The van der Waals surface area contributed by atoms with E-state index in [1.54, 1.807) is 0 Å². The minimum atomic E-state index is -0.551. The Morgan fingerprint density at radius 3 is 2.70 bits per heavy atom. The van der Waals surface area contributed by atoms with Crippen LogP contribution in [0.5, 0.6) is 0 Å². The molecule has 20 heavy (non-hydrogen) atoms. The SMILES string of the molecule is O=C(NCC1CCCCC1CCl)c1cc(Cl)ccc1F. The largest absolute Gasteiger partial charge is 0.352 e. The second-order valence-electron chi connectivity index (χ2n) is 5.29. The number of hydrogen-bond donors (Lipinski definition) is 1. The van der Waals surface area contributed by atoms with Crippen molar-refractivity contribution in [2.75, 3.05) is 12.4 Å². The van der Waals surface area contributed by atoms with E-state index >= 15 is 0 Å². The van der Waals surface area contributed by atoms with Gasteiger partial charge in [0, 0.05) is 17.4 Å². The fourth-order valence-electron chi connectivity index (χ4n) is 2.75. The zero-order valence-corrected chi connectivity index (χ0v) is 12.7. The van der Waals surface area contributed by atoms with E-state index in [2.05, 4.69) is 5.32 Å². The molecule has 2 atom stereocenters. The summed E-state index contributed by atoms with van der Waals surface area (Å²) in [5.74, 6) is 0.474. The number of halogens is 3. The van der Waals surface area contributed by atoms with Gasteiger partial charge in [0.2, 0.25) is 0 Å². The third kappa shape index (κ3) is 3.86. The molecule has 1 aliphatic carbocycles. The summed E-state index contributed by atoms with van der Waals surface area (Å²) in [7, 11) is 0. The van der Waals surface area contributed by atoms with Gasteiger partial charge in [-0.05, 0) is 42.9 Å². The quantitative estimate of drug-likeness (QED) is 0.826. The third-order valence-electron chi connectivity index (χ3n) is 3.96. The Hall–Kier alpha value is -0.800. The van der Waals surface area contributed by atoms with Crippen molar-refractivity contribution in [3.05, 3.63) is 34.6 Å². The lowest BCUT2D eigenvalue weighted by Gasteiger charge is -2.30. The fraction of sp³-hybridized carbons (Fsp3) is 0.533. The molecule has 1 N–H and O–H groups in total. The van der Waals surface area contributed by atoms with Gasteiger partial charge in [-0.1, -0.05) is 24.4 Å². The topological polar surface area (TPSA) is 29.1 Å². The first-order valence-corrected chi connectivity index (χ1v) is 7.82. The highest BCUT2D eigenvalue weighted by molar-refractivity contribution is 6.31. The predicted octanol–water partition coefficient (Wildman–Crippen LogP) is 4.25. The molecule has 0 bridgehead atoms. The molecular formula is C15H18Cl2FNO. The van der Waals surface area contributed by atoms with Gasteiger partial charge in [0.1, 0.15) is 5.82 Å². The lowest BCUT2D eigenvalue weighted by molar-refractivity contribution is 0.0932. The monoisotopic (exact) mass is 317 g/mol. The molecule has 110 valence electrons. The van der Waals surface area contributed by atoms with Crippen LogP contribution in [-0.2, 0) is 0 Å². The summed E-state index contributed by atoms with van der Waals surface area (Å²) in [4.78, 5) is 12.0. The van der Waals surface area contributed by atoms with E-state index in [1.807, 2.05) is 0 Å². The van der Waals surface area contributed by atoms with Crippen molar-refractivity contribution >= 4 is 29.1 Å². The van der Waals surface area contributed by atoms with E-state index in [-0.39, 0.29) is 5.56 Å². The van der Waals surface area contributed by atoms with E-state index in [1.165, 1.54) is 31.0 Å². The Labute approximate surface area is 128 Å². The average molecular weight is 318 g/mol. The van der Waals surface area contributed by atoms with E-state index in [0.29, 0.717) is 29.3 Å². The fourth-order valence-corrected chi connectivity index (χ4v) is 3.33. The van der Waals surface area contributed by atoms with Crippen molar-refractivity contribution < 1.29 is 9.18 Å². The minimum absolute atomic E-state index is 0.00395. The zero-order valence-electron chi connectivity index (χ0n) is 11.2.